The largest absolute Gasteiger partial charge is 1.00 e. The molecular formula is C10H14N4Na2O8P+. The zero-order valence-corrected chi connectivity index (χ0v) is 18.3. The molecule has 6 atom stereocenters. The van der Waals surface area contributed by atoms with Crippen LogP contribution in [0.5, 0.6) is 0 Å². The van der Waals surface area contributed by atoms with Crippen molar-refractivity contribution >= 4 is 54.3 Å². The third-order valence-corrected chi connectivity index (χ3v) is 5.83. The number of phosphoric ester groups is 1. The minimum atomic E-state index is -4.73. The Kier molecular flexibility index (Phi) is 6.93. The number of hydrogen-bond donors (Lipinski definition) is 5. The van der Waals surface area contributed by atoms with Gasteiger partial charge in [-0.3, -0.25) is 0 Å². The van der Waals surface area contributed by atoms with Crippen molar-refractivity contribution in [2.75, 3.05) is 6.61 Å². The molecule has 0 saturated carbocycles. The molecule has 0 amide bonds. The van der Waals surface area contributed by atoms with Crippen LogP contribution in [0, 0.1) is 0 Å². The van der Waals surface area contributed by atoms with Crippen LogP contribution in [0.25, 0.3) is 0 Å². The topological polar surface area (TPSA) is 177 Å². The van der Waals surface area contributed by atoms with Gasteiger partial charge in [-0.1, -0.05) is 0 Å². The first-order valence-corrected chi connectivity index (χ1v) is 9.50. The number of nitrogens with zero attached hydrogens (tertiary/aromatic N) is 4. The van der Waals surface area contributed by atoms with Gasteiger partial charge >= 0.3 is 183 Å². The third kappa shape index (κ3) is 4.21. The maximum Gasteiger partial charge on any atom is 1.00 e. The number of rotatable bonds is 4. The minimum absolute atomic E-state index is 0. The normalized spacial score (nSPS) is 40.0. The summed E-state index contributed by atoms with van der Waals surface area (Å²) in [7, 11) is -4.73. The van der Waals surface area contributed by atoms with E-state index >= 15 is 0 Å². The molecule has 2 unspecified atom stereocenters. The van der Waals surface area contributed by atoms with Gasteiger partial charge in [-0.25, -0.2) is 0 Å². The van der Waals surface area contributed by atoms with E-state index in [9.17, 15) is 19.9 Å². The molecule has 0 bridgehead atoms. The Morgan fingerprint density at radius 3 is 2.72 bits per heavy atom. The Balaban J connectivity index is 0.00000225. The maximum atomic E-state index is 10.8. The van der Waals surface area contributed by atoms with E-state index in [2.05, 4.69) is 19.5 Å². The summed E-state index contributed by atoms with van der Waals surface area (Å²) < 4.78 is 19.6. The SMILES string of the molecule is O=P(O)(O)OC[C@H]1O[C@@H](N2C=N[C]3([Na])C(O)=NC=NC23)[C@H](O)[C@@H]1O.[Na+]. The molecule has 1 saturated heterocycles. The Hall–Kier alpha value is 0.600. The van der Waals surface area contributed by atoms with Gasteiger partial charge in [0.2, 0.25) is 0 Å². The average Bonchev–Trinajstić information content (AvgIpc) is 2.97. The van der Waals surface area contributed by atoms with E-state index in [0.717, 1.165) is 0 Å². The molecule has 3 aliphatic rings. The molecule has 0 aromatic carbocycles. The van der Waals surface area contributed by atoms with E-state index in [0.29, 0.717) is 27.9 Å². The van der Waals surface area contributed by atoms with Crippen LogP contribution in [-0.4, -0.2) is 117 Å². The zero-order valence-electron chi connectivity index (χ0n) is 13.4. The van der Waals surface area contributed by atoms with Crippen LogP contribution in [0.3, 0.4) is 0 Å². The predicted octanol–water partition coefficient (Wildman–Crippen LogP) is -5.92. The van der Waals surface area contributed by atoms with Crippen LogP contribution >= 0.6 is 7.82 Å². The zero-order chi connectivity index (χ0) is 17.7. The predicted molar refractivity (Wildman–Crippen MR) is 79.8 cm³/mol. The summed E-state index contributed by atoms with van der Waals surface area (Å²) in [6.45, 7) is -0.601. The molecule has 0 spiro atoms. The summed E-state index contributed by atoms with van der Waals surface area (Å²) in [5.41, 5.74) is 0. The van der Waals surface area contributed by atoms with E-state index in [1.165, 1.54) is 17.6 Å². The molecule has 12 nitrogen and oxygen atoms in total. The van der Waals surface area contributed by atoms with Crippen LogP contribution in [0.15, 0.2) is 15.0 Å². The molecule has 128 valence electrons. The fraction of sp³-hybridized carbons (Fsp3) is 0.700. The molecule has 3 aliphatic heterocycles. The maximum absolute atomic E-state index is 10.8. The smallest absolute Gasteiger partial charge is 1.00 e. The molecule has 25 heavy (non-hydrogen) atoms. The van der Waals surface area contributed by atoms with Crippen molar-refractivity contribution in [3.8, 4) is 0 Å². The van der Waals surface area contributed by atoms with Crippen LogP contribution in [0.2, 0.25) is 0 Å². The standard InChI is InChI=1S/C10H14N4O8P.2Na/c15-6-4(1-21-23(18,19)20)22-10(7(6)16)14-3-13-5-8(14)11-2-12-9(5)17;;/h2-4,6-8,10,15-16H,1H2,(H,11,12,17)(H2,18,19,20);;/q;;+1/t4-,6-,7-,8?,10-;;/m1../s1. The van der Waals surface area contributed by atoms with E-state index < -0.39 is 47.9 Å². The molecule has 1 fully saturated rings. The summed E-state index contributed by atoms with van der Waals surface area (Å²) >= 11 is 0.387. The van der Waals surface area contributed by atoms with Gasteiger partial charge in [0.25, 0.3) is 0 Å². The second kappa shape index (κ2) is 7.92. The Labute approximate surface area is 181 Å². The summed E-state index contributed by atoms with van der Waals surface area (Å²) in [6.07, 6.45) is -3.20. The Morgan fingerprint density at radius 1 is 1.40 bits per heavy atom. The van der Waals surface area contributed by atoms with Crippen LogP contribution in [0.1, 0.15) is 0 Å². The Bertz CT molecular complexity index is 659. The molecular weight excluding hydrogens is 381 g/mol. The van der Waals surface area contributed by atoms with Gasteiger partial charge in [0.1, 0.15) is 0 Å². The van der Waals surface area contributed by atoms with E-state index in [1.807, 2.05) is 0 Å². The van der Waals surface area contributed by atoms with Gasteiger partial charge < -0.3 is 0 Å². The molecule has 5 N–H and O–H groups in total. The summed E-state index contributed by atoms with van der Waals surface area (Å²) in [5.74, 6) is -0.192. The molecule has 0 aromatic rings. The van der Waals surface area contributed by atoms with Crippen LogP contribution in [0.4, 0.5) is 0 Å². The van der Waals surface area contributed by atoms with Crippen molar-refractivity contribution in [3.05, 3.63) is 0 Å². The number of aliphatic hydroxyl groups excluding tert-OH is 3. The number of ether oxygens (including phenoxy) is 1. The molecule has 15 heteroatoms. The van der Waals surface area contributed by atoms with Crippen LogP contribution < -0.4 is 29.6 Å². The first-order valence-electron chi connectivity index (χ1n) is 6.97. The first-order chi connectivity index (χ1) is 11.1. The average molecular weight is 395 g/mol. The molecule has 0 aromatic heterocycles. The molecule has 0 aliphatic carbocycles. The van der Waals surface area contributed by atoms with Crippen molar-refractivity contribution in [2.24, 2.45) is 15.0 Å². The fourth-order valence-corrected chi connectivity index (χ4v) is 3.81. The van der Waals surface area contributed by atoms with E-state index in [4.69, 9.17) is 14.5 Å². The summed E-state index contributed by atoms with van der Waals surface area (Å²) in [5, 5.41) is 30.1. The number of aliphatic hydroxyl groups is 3. The van der Waals surface area contributed by atoms with Crippen molar-refractivity contribution in [1.82, 2.24) is 4.90 Å². The van der Waals surface area contributed by atoms with Gasteiger partial charge in [-0.05, 0) is 0 Å². The minimum Gasteiger partial charge on any atom is 1.00 e. The first kappa shape index (κ1) is 21.9. The third-order valence-electron chi connectivity index (χ3n) is 4.12. The Morgan fingerprint density at radius 2 is 2.08 bits per heavy atom. The van der Waals surface area contributed by atoms with Gasteiger partial charge in [-0.15, -0.1) is 0 Å². The second-order valence-corrected chi connectivity index (χ2v) is 8.53. The summed E-state index contributed by atoms with van der Waals surface area (Å²) in [6, 6.07) is 0. The van der Waals surface area contributed by atoms with E-state index in [1.54, 1.807) is 0 Å². The number of phosphoric acid groups is 1. The van der Waals surface area contributed by atoms with Crippen molar-refractivity contribution in [2.45, 2.75) is 33.5 Å². The number of fused-ring (bicyclic) bond motifs is 1. The number of hydrogen-bond acceptors (Lipinski definition) is 9. The molecule has 0 radical (unpaired) electrons. The monoisotopic (exact) mass is 395 g/mol. The van der Waals surface area contributed by atoms with Crippen molar-refractivity contribution in [1.29, 1.82) is 0 Å². The van der Waals surface area contributed by atoms with Crippen molar-refractivity contribution in [3.63, 3.8) is 0 Å². The van der Waals surface area contributed by atoms with Crippen LogP contribution in [-0.2, 0) is 13.8 Å². The van der Waals surface area contributed by atoms with Gasteiger partial charge in [0.05, 0.1) is 0 Å². The van der Waals surface area contributed by atoms with Gasteiger partial charge in [-0.2, -0.15) is 0 Å². The summed E-state index contributed by atoms with van der Waals surface area (Å²) in [4.78, 5) is 31.0. The molecule has 3 rings (SSSR count). The quantitative estimate of drug-likeness (QED) is 0.229. The van der Waals surface area contributed by atoms with Gasteiger partial charge in [0.15, 0.2) is 0 Å². The number of aliphatic imine (C=N–C) groups is 3. The fourth-order valence-electron chi connectivity index (χ4n) is 2.77. The van der Waals surface area contributed by atoms with E-state index in [-0.39, 0.29) is 35.5 Å². The van der Waals surface area contributed by atoms with Gasteiger partial charge in [0, 0.05) is 0 Å². The van der Waals surface area contributed by atoms with Crippen molar-refractivity contribution < 1.29 is 68.5 Å². The second-order valence-electron chi connectivity index (χ2n) is 5.76. The molecule has 3 heterocycles.